The van der Waals surface area contributed by atoms with Gasteiger partial charge in [-0.05, 0) is 54.6 Å². The molecule has 0 radical (unpaired) electrons. The van der Waals surface area contributed by atoms with Gasteiger partial charge in [-0.2, -0.15) is 0 Å². The molecule has 1 fully saturated rings. The summed E-state index contributed by atoms with van der Waals surface area (Å²) in [5.41, 5.74) is 0.516. The molecule has 1 aromatic heterocycles. The quantitative estimate of drug-likeness (QED) is 0.317. The molecule has 2 heterocycles. The van der Waals surface area contributed by atoms with Gasteiger partial charge < -0.3 is 5.11 Å². The van der Waals surface area contributed by atoms with Crippen molar-refractivity contribution < 1.29 is 23.1 Å². The Morgan fingerprint density at radius 1 is 1.00 bits per heavy atom. The highest BCUT2D eigenvalue weighted by Crippen LogP contribution is 2.42. The maximum Gasteiger partial charge on any atom is 0.300 e. The molecule has 11 heteroatoms. The van der Waals surface area contributed by atoms with Crippen molar-refractivity contribution >= 4 is 56.4 Å². The van der Waals surface area contributed by atoms with E-state index in [2.05, 4.69) is 4.98 Å². The number of aromatic nitrogens is 1. The number of carbonyl (C=O) groups excluding carboxylic acids is 2. The minimum Gasteiger partial charge on any atom is -0.507 e. The summed E-state index contributed by atoms with van der Waals surface area (Å²) in [6.07, 6.45) is 1.48. The van der Waals surface area contributed by atoms with Crippen LogP contribution in [-0.2, 0) is 19.6 Å². The van der Waals surface area contributed by atoms with Crippen molar-refractivity contribution in [3.05, 3.63) is 93.7 Å². The number of primary sulfonamides is 1. The van der Waals surface area contributed by atoms with Crippen LogP contribution in [0.3, 0.4) is 0 Å². The fourth-order valence-electron chi connectivity index (χ4n) is 3.51. The zero-order valence-corrected chi connectivity index (χ0v) is 19.0. The fraction of sp³-hybridized carbons (Fsp3) is 0.0455. The molecule has 8 nitrogen and oxygen atoms in total. The Balaban J connectivity index is 1.92. The van der Waals surface area contributed by atoms with Crippen molar-refractivity contribution in [3.63, 3.8) is 0 Å². The topological polar surface area (TPSA) is 131 Å². The van der Waals surface area contributed by atoms with Gasteiger partial charge >= 0.3 is 0 Å². The second-order valence-electron chi connectivity index (χ2n) is 7.09. The largest absolute Gasteiger partial charge is 0.507 e. The molecule has 33 heavy (non-hydrogen) atoms. The van der Waals surface area contributed by atoms with E-state index in [1.165, 1.54) is 48.7 Å². The predicted molar refractivity (Wildman–Crippen MR) is 123 cm³/mol. The molecule has 1 saturated heterocycles. The summed E-state index contributed by atoms with van der Waals surface area (Å²) in [5, 5.41) is 16.6. The van der Waals surface area contributed by atoms with Crippen molar-refractivity contribution in [1.29, 1.82) is 0 Å². The molecular formula is C22H15Cl2N3O5S. The molecule has 1 amide bonds. The van der Waals surface area contributed by atoms with Crippen molar-refractivity contribution in [2.24, 2.45) is 5.14 Å². The van der Waals surface area contributed by atoms with E-state index in [9.17, 15) is 23.1 Å². The van der Waals surface area contributed by atoms with E-state index in [4.69, 9.17) is 28.3 Å². The lowest BCUT2D eigenvalue weighted by Gasteiger charge is -2.24. The average molecular weight is 504 g/mol. The normalized spacial score (nSPS) is 18.0. The van der Waals surface area contributed by atoms with Gasteiger partial charge in [0.2, 0.25) is 10.0 Å². The van der Waals surface area contributed by atoms with Gasteiger partial charge in [0.15, 0.2) is 0 Å². The molecule has 1 aliphatic heterocycles. The first-order valence-corrected chi connectivity index (χ1v) is 11.7. The third-order valence-corrected chi connectivity index (χ3v) is 6.72. The Morgan fingerprint density at radius 3 is 2.27 bits per heavy atom. The van der Waals surface area contributed by atoms with Crippen molar-refractivity contribution in [2.75, 3.05) is 4.90 Å². The molecule has 1 unspecified atom stereocenters. The molecule has 0 aliphatic carbocycles. The number of nitrogens with two attached hydrogens (primary N) is 1. The summed E-state index contributed by atoms with van der Waals surface area (Å²) in [6.45, 7) is 0. The van der Waals surface area contributed by atoms with E-state index in [0.717, 1.165) is 4.90 Å². The van der Waals surface area contributed by atoms with E-state index >= 15 is 0 Å². The van der Waals surface area contributed by atoms with Gasteiger partial charge in [0.1, 0.15) is 11.8 Å². The zero-order valence-electron chi connectivity index (χ0n) is 16.6. The second kappa shape index (κ2) is 8.60. The van der Waals surface area contributed by atoms with Crippen LogP contribution in [0.4, 0.5) is 5.69 Å². The number of rotatable bonds is 4. The predicted octanol–water partition coefficient (Wildman–Crippen LogP) is 3.66. The van der Waals surface area contributed by atoms with Crippen LogP contribution in [0.25, 0.3) is 5.76 Å². The number of nitrogens with zero attached hydrogens (tertiary/aromatic N) is 2. The first-order chi connectivity index (χ1) is 15.6. The van der Waals surface area contributed by atoms with E-state index in [1.807, 2.05) is 0 Å². The monoisotopic (exact) mass is 503 g/mol. The number of pyridine rings is 1. The van der Waals surface area contributed by atoms with Gasteiger partial charge in [-0.15, -0.1) is 0 Å². The van der Waals surface area contributed by atoms with E-state index < -0.39 is 33.5 Å². The van der Waals surface area contributed by atoms with E-state index in [0.29, 0.717) is 5.69 Å². The van der Waals surface area contributed by atoms with Crippen molar-refractivity contribution in [1.82, 2.24) is 4.98 Å². The summed E-state index contributed by atoms with van der Waals surface area (Å²) in [7, 11) is -3.96. The number of benzene rings is 2. The minimum atomic E-state index is -3.96. The standard InChI is InChI=1S/C22H15Cl2N3O5S/c23-15-9-4-12(11-16(15)24)20(28)18-19(17-3-1-2-10-26-17)27(22(30)21(18)29)13-5-7-14(8-6-13)33(25,31)32/h1-11,19,28H,(H2,25,31,32)/b20-18+. The molecule has 2 aromatic carbocycles. The van der Waals surface area contributed by atoms with Gasteiger partial charge in [-0.25, -0.2) is 13.6 Å². The number of aliphatic hydroxyl groups is 1. The minimum absolute atomic E-state index is 0.155. The fourth-order valence-corrected chi connectivity index (χ4v) is 4.33. The van der Waals surface area contributed by atoms with Crippen molar-refractivity contribution in [3.8, 4) is 0 Å². The van der Waals surface area contributed by atoms with Gasteiger partial charge in [-0.1, -0.05) is 29.3 Å². The van der Waals surface area contributed by atoms with Crippen LogP contribution in [0.15, 0.2) is 77.3 Å². The molecule has 4 rings (SSSR count). The first kappa shape index (κ1) is 22.9. The van der Waals surface area contributed by atoms with Gasteiger partial charge in [0.25, 0.3) is 11.7 Å². The number of ketones is 1. The SMILES string of the molecule is NS(=O)(=O)c1ccc(N2C(=O)C(=O)/C(=C(/O)c3ccc(Cl)c(Cl)c3)C2c2ccccn2)cc1. The number of amides is 1. The first-order valence-electron chi connectivity index (χ1n) is 9.40. The third-order valence-electron chi connectivity index (χ3n) is 5.05. The molecule has 3 N–H and O–H groups in total. The maximum atomic E-state index is 13.1. The number of Topliss-reactive ketones (excluding diaryl/α,β-unsaturated/α-hetero) is 1. The zero-order chi connectivity index (χ0) is 23.9. The second-order valence-corrected chi connectivity index (χ2v) is 9.47. The van der Waals surface area contributed by atoms with Gasteiger partial charge in [0, 0.05) is 17.4 Å². The molecular weight excluding hydrogens is 489 g/mol. The lowest BCUT2D eigenvalue weighted by atomic mass is 9.98. The van der Waals surface area contributed by atoms with Crippen LogP contribution >= 0.6 is 23.2 Å². The Kier molecular flexibility index (Phi) is 5.98. The lowest BCUT2D eigenvalue weighted by molar-refractivity contribution is -0.132. The third kappa shape index (κ3) is 4.23. The highest BCUT2D eigenvalue weighted by atomic mass is 35.5. The highest BCUT2D eigenvalue weighted by Gasteiger charge is 2.47. The van der Waals surface area contributed by atoms with Crippen LogP contribution in [0.1, 0.15) is 17.3 Å². The Bertz CT molecular complexity index is 1410. The number of halogens is 2. The summed E-state index contributed by atoms with van der Waals surface area (Å²) in [5.74, 6) is -2.31. The summed E-state index contributed by atoms with van der Waals surface area (Å²) >= 11 is 12.0. The van der Waals surface area contributed by atoms with Crippen LogP contribution < -0.4 is 10.0 Å². The number of sulfonamides is 1. The summed E-state index contributed by atoms with van der Waals surface area (Å²) < 4.78 is 23.2. The number of hydrogen-bond donors (Lipinski definition) is 2. The van der Waals surface area contributed by atoms with Gasteiger partial charge in [0.05, 0.1) is 26.2 Å². The number of carbonyl (C=O) groups is 2. The van der Waals surface area contributed by atoms with Crippen LogP contribution in [0.2, 0.25) is 10.0 Å². The summed E-state index contributed by atoms with van der Waals surface area (Å²) in [4.78, 5) is 31.4. The average Bonchev–Trinajstić information content (AvgIpc) is 3.06. The maximum absolute atomic E-state index is 13.1. The van der Waals surface area contributed by atoms with Crippen molar-refractivity contribution in [2.45, 2.75) is 10.9 Å². The lowest BCUT2D eigenvalue weighted by Crippen LogP contribution is -2.29. The molecule has 0 saturated carbocycles. The Morgan fingerprint density at radius 2 is 1.70 bits per heavy atom. The molecule has 1 atom stereocenters. The number of aliphatic hydroxyl groups excluding tert-OH is 1. The van der Waals surface area contributed by atoms with E-state index in [1.54, 1.807) is 18.2 Å². The van der Waals surface area contributed by atoms with Crippen LogP contribution in [0.5, 0.6) is 0 Å². The molecule has 168 valence electrons. The highest BCUT2D eigenvalue weighted by molar-refractivity contribution is 7.89. The number of anilines is 1. The smallest absolute Gasteiger partial charge is 0.300 e. The Hall–Kier alpha value is -3.24. The summed E-state index contributed by atoms with van der Waals surface area (Å²) in [6, 6.07) is 13.3. The molecule has 3 aromatic rings. The Labute approximate surface area is 198 Å². The van der Waals surface area contributed by atoms with E-state index in [-0.39, 0.29) is 31.8 Å². The molecule has 0 bridgehead atoms. The van der Waals surface area contributed by atoms with Crippen LogP contribution in [0, 0.1) is 0 Å². The van der Waals surface area contributed by atoms with Crippen LogP contribution in [-0.4, -0.2) is 30.2 Å². The number of hydrogen-bond acceptors (Lipinski definition) is 6. The van der Waals surface area contributed by atoms with Gasteiger partial charge in [-0.3, -0.25) is 19.5 Å². The molecule has 0 spiro atoms. The molecule has 1 aliphatic rings.